The Kier molecular flexibility index (Phi) is 6.99. The first-order valence-corrected chi connectivity index (χ1v) is 11.0. The molecule has 0 aliphatic heterocycles. The lowest BCUT2D eigenvalue weighted by molar-refractivity contribution is -0.137. The van der Waals surface area contributed by atoms with Gasteiger partial charge in [-0.25, -0.2) is 4.98 Å². The van der Waals surface area contributed by atoms with Gasteiger partial charge < -0.3 is 9.84 Å². The van der Waals surface area contributed by atoms with E-state index in [-0.39, 0.29) is 6.61 Å². The predicted octanol–water partition coefficient (Wildman–Crippen LogP) is 6.64. The number of nitrogens with zero attached hydrogens (tertiary/aromatic N) is 2. The third kappa shape index (κ3) is 5.37. The largest absolute Gasteiger partial charge is 0.494 e. The van der Waals surface area contributed by atoms with Crippen LogP contribution in [-0.2, 0) is 6.18 Å². The predicted molar refractivity (Wildman–Crippen MR) is 123 cm³/mol. The van der Waals surface area contributed by atoms with Crippen molar-refractivity contribution in [2.45, 2.75) is 31.9 Å². The number of fused-ring (bicyclic) bond motifs is 1. The van der Waals surface area contributed by atoms with Crippen LogP contribution in [0.4, 0.5) is 13.2 Å². The molecule has 1 aromatic heterocycles. The second-order valence-electron chi connectivity index (χ2n) is 7.82. The Balaban J connectivity index is 1.72. The number of halogens is 3. The number of aromatic nitrogens is 2. The Hall–Kier alpha value is -3.32. The minimum Gasteiger partial charge on any atom is -0.494 e. The van der Waals surface area contributed by atoms with Crippen molar-refractivity contribution in [2.24, 2.45) is 0 Å². The van der Waals surface area contributed by atoms with E-state index in [9.17, 15) is 13.2 Å². The van der Waals surface area contributed by atoms with Crippen molar-refractivity contribution < 1.29 is 23.0 Å². The van der Waals surface area contributed by atoms with Gasteiger partial charge in [0.2, 0.25) is 0 Å². The third-order valence-corrected chi connectivity index (χ3v) is 5.41. The fourth-order valence-electron chi connectivity index (χ4n) is 3.77. The second-order valence-corrected chi connectivity index (χ2v) is 7.82. The third-order valence-electron chi connectivity index (χ3n) is 5.41. The van der Waals surface area contributed by atoms with Crippen LogP contribution >= 0.6 is 0 Å². The number of ether oxygens (including phenoxy) is 1. The molecule has 1 N–H and O–H groups in total. The molecule has 172 valence electrons. The van der Waals surface area contributed by atoms with Gasteiger partial charge in [-0.15, -0.1) is 0 Å². The summed E-state index contributed by atoms with van der Waals surface area (Å²) >= 11 is 0. The number of unbranched alkanes of at least 4 members (excludes halogenated alkanes) is 3. The maximum atomic E-state index is 13.3. The van der Waals surface area contributed by atoms with Crippen molar-refractivity contribution in [3.05, 3.63) is 78.4 Å². The average Bonchev–Trinajstić information content (AvgIpc) is 3.20. The molecule has 4 aromatic rings. The molecule has 7 heteroatoms. The van der Waals surface area contributed by atoms with Crippen LogP contribution in [0.25, 0.3) is 28.1 Å². The molecular formula is C26H25F3N2O2. The molecule has 0 saturated heterocycles. The van der Waals surface area contributed by atoms with E-state index in [2.05, 4.69) is 4.98 Å². The summed E-state index contributed by atoms with van der Waals surface area (Å²) < 4.78 is 47.7. The number of alkyl halides is 3. The molecule has 33 heavy (non-hydrogen) atoms. The number of aliphatic hydroxyl groups is 1. The highest BCUT2D eigenvalue weighted by Crippen LogP contribution is 2.35. The molecule has 4 nitrogen and oxygen atoms in total. The number of benzene rings is 3. The van der Waals surface area contributed by atoms with E-state index < -0.39 is 11.7 Å². The molecule has 0 bridgehead atoms. The van der Waals surface area contributed by atoms with Crippen molar-refractivity contribution in [2.75, 3.05) is 13.2 Å². The Morgan fingerprint density at radius 3 is 2.39 bits per heavy atom. The minimum atomic E-state index is -4.43. The highest BCUT2D eigenvalue weighted by atomic mass is 19.4. The average molecular weight is 454 g/mol. The van der Waals surface area contributed by atoms with Gasteiger partial charge in [0.1, 0.15) is 11.6 Å². The fraction of sp³-hybridized carbons (Fsp3) is 0.269. The lowest BCUT2D eigenvalue weighted by Crippen LogP contribution is -2.05. The smallest absolute Gasteiger partial charge is 0.416 e. The van der Waals surface area contributed by atoms with Gasteiger partial charge in [-0.3, -0.25) is 4.57 Å². The topological polar surface area (TPSA) is 47.3 Å². The van der Waals surface area contributed by atoms with E-state index in [1.807, 2.05) is 53.1 Å². The zero-order valence-corrected chi connectivity index (χ0v) is 18.1. The van der Waals surface area contributed by atoms with Gasteiger partial charge in [-0.2, -0.15) is 13.2 Å². The SMILES string of the molecule is OCCCCCCOc1ccc2nc(-c3cccc(C(F)(F)F)c3)n(-c3ccccc3)c2c1. The van der Waals surface area contributed by atoms with E-state index in [1.165, 1.54) is 6.07 Å². The van der Waals surface area contributed by atoms with Crippen LogP contribution in [0.1, 0.15) is 31.2 Å². The molecule has 3 aromatic carbocycles. The van der Waals surface area contributed by atoms with E-state index >= 15 is 0 Å². The molecule has 0 aliphatic carbocycles. The van der Waals surface area contributed by atoms with Crippen LogP contribution in [-0.4, -0.2) is 27.9 Å². The molecule has 0 spiro atoms. The van der Waals surface area contributed by atoms with Crippen LogP contribution < -0.4 is 4.74 Å². The van der Waals surface area contributed by atoms with Crippen molar-refractivity contribution in [3.8, 4) is 22.8 Å². The number of rotatable bonds is 9. The summed E-state index contributed by atoms with van der Waals surface area (Å²) in [6.45, 7) is 0.756. The maximum absolute atomic E-state index is 13.3. The van der Waals surface area contributed by atoms with Gasteiger partial charge in [0.15, 0.2) is 0 Å². The molecule has 0 radical (unpaired) electrons. The van der Waals surface area contributed by atoms with Crippen molar-refractivity contribution in [3.63, 3.8) is 0 Å². The highest BCUT2D eigenvalue weighted by molar-refractivity contribution is 5.84. The Morgan fingerprint density at radius 1 is 0.848 bits per heavy atom. The summed E-state index contributed by atoms with van der Waals surface area (Å²) in [5.74, 6) is 1.11. The van der Waals surface area contributed by atoms with E-state index in [0.29, 0.717) is 29.3 Å². The molecule has 0 unspecified atom stereocenters. The quantitative estimate of drug-likeness (QED) is 0.288. The molecule has 0 atom stereocenters. The lowest BCUT2D eigenvalue weighted by Gasteiger charge is -2.12. The van der Waals surface area contributed by atoms with Gasteiger partial charge in [0.25, 0.3) is 0 Å². The van der Waals surface area contributed by atoms with Crippen molar-refractivity contribution in [1.82, 2.24) is 9.55 Å². The number of aliphatic hydroxyl groups excluding tert-OH is 1. The molecular weight excluding hydrogens is 429 g/mol. The highest BCUT2D eigenvalue weighted by Gasteiger charge is 2.31. The van der Waals surface area contributed by atoms with E-state index in [4.69, 9.17) is 9.84 Å². The van der Waals surface area contributed by atoms with Crippen LogP contribution in [0.2, 0.25) is 0 Å². The van der Waals surface area contributed by atoms with E-state index in [0.717, 1.165) is 49.0 Å². The first-order valence-electron chi connectivity index (χ1n) is 11.0. The van der Waals surface area contributed by atoms with Crippen molar-refractivity contribution >= 4 is 11.0 Å². The summed E-state index contributed by atoms with van der Waals surface area (Å²) in [4.78, 5) is 4.67. The molecule has 0 saturated carbocycles. The van der Waals surface area contributed by atoms with Gasteiger partial charge in [0, 0.05) is 23.9 Å². The van der Waals surface area contributed by atoms with Crippen LogP contribution in [0, 0.1) is 0 Å². The van der Waals surface area contributed by atoms with Crippen LogP contribution in [0.5, 0.6) is 5.75 Å². The standard InChI is InChI=1S/C26H25F3N2O2/c27-26(28,29)20-10-8-9-19(17-20)25-30-23-14-13-22(33-16-7-2-1-6-15-32)18-24(23)31(25)21-11-4-3-5-12-21/h3-5,8-14,17-18,32H,1-2,6-7,15-16H2. The molecule has 0 fully saturated rings. The van der Waals surface area contributed by atoms with Crippen molar-refractivity contribution in [1.29, 1.82) is 0 Å². The Labute approximate surface area is 190 Å². The molecule has 1 heterocycles. The summed E-state index contributed by atoms with van der Waals surface area (Å²) in [6.07, 6.45) is -0.825. The van der Waals surface area contributed by atoms with E-state index in [1.54, 1.807) is 6.07 Å². The molecule has 0 aliphatic rings. The van der Waals surface area contributed by atoms with Gasteiger partial charge in [0.05, 0.1) is 23.2 Å². The maximum Gasteiger partial charge on any atom is 0.416 e. The minimum absolute atomic E-state index is 0.204. The summed E-state index contributed by atoms with van der Waals surface area (Å²) in [7, 11) is 0. The molecule has 4 rings (SSSR count). The van der Waals surface area contributed by atoms with Crippen LogP contribution in [0.3, 0.4) is 0 Å². The number of hydrogen-bond acceptors (Lipinski definition) is 3. The lowest BCUT2D eigenvalue weighted by atomic mass is 10.1. The Bertz CT molecular complexity index is 1200. The summed E-state index contributed by atoms with van der Waals surface area (Å²) in [6, 6.07) is 20.2. The fourth-order valence-corrected chi connectivity index (χ4v) is 3.77. The van der Waals surface area contributed by atoms with Gasteiger partial charge in [-0.05, 0) is 55.7 Å². The second kappa shape index (κ2) is 10.1. The van der Waals surface area contributed by atoms with Gasteiger partial charge >= 0.3 is 6.18 Å². The first kappa shape index (κ1) is 22.9. The molecule has 0 amide bonds. The number of imidazole rings is 1. The van der Waals surface area contributed by atoms with Crippen LogP contribution in [0.15, 0.2) is 72.8 Å². The zero-order chi connectivity index (χ0) is 23.3. The van der Waals surface area contributed by atoms with Gasteiger partial charge in [-0.1, -0.05) is 36.8 Å². The summed E-state index contributed by atoms with van der Waals surface area (Å²) in [5, 5.41) is 8.87. The Morgan fingerprint density at radius 2 is 1.64 bits per heavy atom. The summed E-state index contributed by atoms with van der Waals surface area (Å²) in [5.41, 5.74) is 1.90. The normalized spacial score (nSPS) is 11.8. The number of hydrogen-bond donors (Lipinski definition) is 1. The monoisotopic (exact) mass is 454 g/mol. The zero-order valence-electron chi connectivity index (χ0n) is 18.1. The first-order chi connectivity index (χ1) is 16.0. The number of para-hydroxylation sites is 1.